The first-order valence-corrected chi connectivity index (χ1v) is 6.39. The minimum atomic E-state index is -0.525. The molecule has 1 unspecified atom stereocenters. The van der Waals surface area contributed by atoms with E-state index in [2.05, 4.69) is 0 Å². The van der Waals surface area contributed by atoms with Crippen LogP contribution in [-0.2, 0) is 9.53 Å². The molecular weight excluding hydrogens is 218 g/mol. The molecule has 1 aliphatic heterocycles. The molecule has 1 heterocycles. The van der Waals surface area contributed by atoms with E-state index < -0.39 is 11.1 Å². The third-order valence-electron chi connectivity index (χ3n) is 3.62. The Balaban J connectivity index is 2.15. The molecule has 0 aromatic heterocycles. The Morgan fingerprint density at radius 1 is 1.29 bits per heavy atom. The van der Waals surface area contributed by atoms with Crippen LogP contribution in [0.2, 0.25) is 0 Å². The zero-order chi connectivity index (χ0) is 12.7. The first-order chi connectivity index (χ1) is 7.85. The molecule has 1 atom stereocenters. The van der Waals surface area contributed by atoms with Crippen LogP contribution < -0.4 is 0 Å². The highest BCUT2D eigenvalue weighted by molar-refractivity contribution is 5.94. The Bertz CT molecular complexity index is 341. The Morgan fingerprint density at radius 3 is 2.47 bits per heavy atom. The monoisotopic (exact) mass is 239 g/mol. The molecule has 17 heavy (non-hydrogen) atoms. The van der Waals surface area contributed by atoms with Crippen molar-refractivity contribution in [1.29, 1.82) is 0 Å². The molecule has 1 amide bonds. The molecule has 2 rings (SSSR count). The summed E-state index contributed by atoms with van der Waals surface area (Å²) in [6.45, 7) is 6.21. The molecule has 1 saturated heterocycles. The second-order valence-electron chi connectivity index (χ2n) is 6.04. The topological polar surface area (TPSA) is 46.6 Å². The van der Waals surface area contributed by atoms with Crippen molar-refractivity contribution in [2.75, 3.05) is 6.54 Å². The summed E-state index contributed by atoms with van der Waals surface area (Å²) in [5, 5.41) is 0. The fraction of sp³-hybridized carbons (Fsp3) is 0.846. The quantitative estimate of drug-likeness (QED) is 0.652. The van der Waals surface area contributed by atoms with Gasteiger partial charge < -0.3 is 4.74 Å². The van der Waals surface area contributed by atoms with Crippen molar-refractivity contribution in [3.05, 3.63) is 0 Å². The van der Waals surface area contributed by atoms with Crippen LogP contribution in [-0.4, -0.2) is 34.5 Å². The second-order valence-corrected chi connectivity index (χ2v) is 6.04. The number of hydrogen-bond acceptors (Lipinski definition) is 3. The van der Waals surface area contributed by atoms with Gasteiger partial charge in [0.2, 0.25) is 0 Å². The van der Waals surface area contributed by atoms with E-state index in [0.29, 0.717) is 13.0 Å². The van der Waals surface area contributed by atoms with Gasteiger partial charge in [0, 0.05) is 13.0 Å². The SMILES string of the molecule is CC(C)(C)OC(=O)N1CCCC12CCCC2=O. The van der Waals surface area contributed by atoms with Gasteiger partial charge in [0.25, 0.3) is 0 Å². The zero-order valence-corrected chi connectivity index (χ0v) is 10.9. The Morgan fingerprint density at radius 2 is 1.94 bits per heavy atom. The maximum absolute atomic E-state index is 12.1. The van der Waals surface area contributed by atoms with E-state index in [1.54, 1.807) is 4.90 Å². The highest BCUT2D eigenvalue weighted by Gasteiger charge is 2.52. The molecule has 0 radical (unpaired) electrons. The molecule has 1 aliphatic carbocycles. The number of carbonyl (C=O) groups is 2. The van der Waals surface area contributed by atoms with Crippen molar-refractivity contribution in [1.82, 2.24) is 4.90 Å². The maximum Gasteiger partial charge on any atom is 0.411 e. The Labute approximate surface area is 102 Å². The normalized spacial score (nSPS) is 29.1. The van der Waals surface area contributed by atoms with Gasteiger partial charge in [0.15, 0.2) is 5.78 Å². The van der Waals surface area contributed by atoms with Crippen LogP contribution in [0.1, 0.15) is 52.9 Å². The van der Waals surface area contributed by atoms with Gasteiger partial charge in [-0.2, -0.15) is 0 Å². The average Bonchev–Trinajstić information content (AvgIpc) is 2.74. The highest BCUT2D eigenvalue weighted by atomic mass is 16.6. The average molecular weight is 239 g/mol. The van der Waals surface area contributed by atoms with Crippen LogP contribution in [0.4, 0.5) is 4.79 Å². The minimum absolute atomic E-state index is 0.223. The van der Waals surface area contributed by atoms with Crippen LogP contribution in [0.5, 0.6) is 0 Å². The van der Waals surface area contributed by atoms with Gasteiger partial charge in [-0.25, -0.2) is 4.79 Å². The van der Waals surface area contributed by atoms with Gasteiger partial charge in [0.1, 0.15) is 11.1 Å². The summed E-state index contributed by atoms with van der Waals surface area (Å²) in [5.41, 5.74) is -1.02. The summed E-state index contributed by atoms with van der Waals surface area (Å²) >= 11 is 0. The lowest BCUT2D eigenvalue weighted by molar-refractivity contribution is -0.126. The van der Waals surface area contributed by atoms with E-state index in [9.17, 15) is 9.59 Å². The second kappa shape index (κ2) is 4.00. The van der Waals surface area contributed by atoms with Crippen molar-refractivity contribution in [3.63, 3.8) is 0 Å². The lowest BCUT2D eigenvalue weighted by Crippen LogP contribution is -2.51. The predicted octanol–water partition coefficient (Wildman–Crippen LogP) is 2.51. The first-order valence-electron chi connectivity index (χ1n) is 6.39. The molecule has 2 fully saturated rings. The van der Waals surface area contributed by atoms with E-state index in [1.807, 2.05) is 20.8 Å². The third-order valence-corrected chi connectivity index (χ3v) is 3.62. The number of likely N-dealkylation sites (tertiary alicyclic amines) is 1. The molecule has 2 aliphatic rings. The third kappa shape index (κ3) is 2.17. The summed E-state index contributed by atoms with van der Waals surface area (Å²) in [6, 6.07) is 0. The molecule has 0 bridgehead atoms. The molecular formula is C13H21NO3. The fourth-order valence-corrected chi connectivity index (χ4v) is 2.93. The summed E-state index contributed by atoms with van der Waals surface area (Å²) in [5.74, 6) is 0.223. The molecule has 4 nitrogen and oxygen atoms in total. The van der Waals surface area contributed by atoms with Crippen molar-refractivity contribution in [2.45, 2.75) is 64.0 Å². The maximum atomic E-state index is 12.1. The van der Waals surface area contributed by atoms with Gasteiger partial charge >= 0.3 is 6.09 Å². The van der Waals surface area contributed by atoms with Crippen LogP contribution in [0.15, 0.2) is 0 Å². The van der Waals surface area contributed by atoms with Crippen molar-refractivity contribution >= 4 is 11.9 Å². The van der Waals surface area contributed by atoms with Gasteiger partial charge in [-0.1, -0.05) is 0 Å². The van der Waals surface area contributed by atoms with Crippen LogP contribution >= 0.6 is 0 Å². The van der Waals surface area contributed by atoms with Gasteiger partial charge in [0.05, 0.1) is 0 Å². The Kier molecular flexibility index (Phi) is 2.92. The standard InChI is InChI=1S/C13H21NO3/c1-12(2,3)17-11(16)14-9-5-8-13(14)7-4-6-10(13)15/h4-9H2,1-3H3. The van der Waals surface area contributed by atoms with Crippen molar-refractivity contribution < 1.29 is 14.3 Å². The van der Waals surface area contributed by atoms with Gasteiger partial charge in [-0.05, 0) is 46.5 Å². The molecule has 0 aromatic carbocycles. The predicted molar refractivity (Wildman–Crippen MR) is 63.8 cm³/mol. The fourth-order valence-electron chi connectivity index (χ4n) is 2.93. The van der Waals surface area contributed by atoms with E-state index in [4.69, 9.17) is 4.74 Å². The summed E-state index contributed by atoms with van der Waals surface area (Å²) in [7, 11) is 0. The molecule has 1 spiro atoms. The minimum Gasteiger partial charge on any atom is -0.444 e. The number of hydrogen-bond donors (Lipinski definition) is 0. The number of nitrogens with zero attached hydrogens (tertiary/aromatic N) is 1. The van der Waals surface area contributed by atoms with Gasteiger partial charge in [-0.15, -0.1) is 0 Å². The molecule has 4 heteroatoms. The summed E-state index contributed by atoms with van der Waals surface area (Å²) in [4.78, 5) is 25.8. The smallest absolute Gasteiger partial charge is 0.411 e. The largest absolute Gasteiger partial charge is 0.444 e. The van der Waals surface area contributed by atoms with Crippen molar-refractivity contribution in [2.24, 2.45) is 0 Å². The van der Waals surface area contributed by atoms with Crippen LogP contribution in [0.3, 0.4) is 0 Å². The number of ketones is 1. The van der Waals surface area contributed by atoms with E-state index in [0.717, 1.165) is 25.7 Å². The van der Waals surface area contributed by atoms with Crippen LogP contribution in [0, 0.1) is 0 Å². The number of carbonyl (C=O) groups excluding carboxylic acids is 2. The number of rotatable bonds is 0. The molecule has 96 valence electrons. The highest BCUT2D eigenvalue weighted by Crippen LogP contribution is 2.41. The summed E-state index contributed by atoms with van der Waals surface area (Å²) < 4.78 is 5.39. The van der Waals surface area contributed by atoms with Crippen molar-refractivity contribution in [3.8, 4) is 0 Å². The first kappa shape index (κ1) is 12.4. The number of Topliss-reactive ketones (excluding diaryl/α,β-unsaturated/α-hetero) is 1. The number of ether oxygens (including phenoxy) is 1. The molecule has 0 N–H and O–H groups in total. The lowest BCUT2D eigenvalue weighted by Gasteiger charge is -2.34. The van der Waals surface area contributed by atoms with E-state index >= 15 is 0 Å². The summed E-state index contributed by atoms with van der Waals surface area (Å²) in [6.07, 6.45) is 3.71. The molecule has 0 aromatic rings. The number of amides is 1. The van der Waals surface area contributed by atoms with E-state index in [-0.39, 0.29) is 11.9 Å². The molecule has 1 saturated carbocycles. The van der Waals surface area contributed by atoms with Crippen LogP contribution in [0.25, 0.3) is 0 Å². The van der Waals surface area contributed by atoms with E-state index in [1.165, 1.54) is 0 Å². The van der Waals surface area contributed by atoms with Gasteiger partial charge in [-0.3, -0.25) is 9.69 Å². The lowest BCUT2D eigenvalue weighted by atomic mass is 9.93. The zero-order valence-electron chi connectivity index (χ0n) is 10.9. The Hall–Kier alpha value is -1.06.